The maximum atomic E-state index is 12.7. The topological polar surface area (TPSA) is 75.4 Å². The molecule has 0 bridgehead atoms. The lowest BCUT2D eigenvalue weighted by atomic mass is 10.2. The summed E-state index contributed by atoms with van der Waals surface area (Å²) in [4.78, 5) is 10.9. The first-order chi connectivity index (χ1) is 8.58. The Morgan fingerprint density at radius 3 is 2.72 bits per heavy atom. The summed E-state index contributed by atoms with van der Waals surface area (Å²) in [7, 11) is 0. The third kappa shape index (κ3) is 2.48. The normalized spacial score (nSPS) is 10.3. The number of carboxylic acid groups (broad SMARTS) is 1. The number of halogens is 1. The van der Waals surface area contributed by atoms with Crippen LogP contribution in [-0.2, 0) is 6.54 Å². The van der Waals surface area contributed by atoms with Gasteiger partial charge in [-0.15, -0.1) is 0 Å². The summed E-state index contributed by atoms with van der Waals surface area (Å²) in [5.41, 5.74) is 1.01. The molecule has 18 heavy (non-hydrogen) atoms. The van der Waals surface area contributed by atoms with Crippen molar-refractivity contribution < 1.29 is 18.8 Å². The van der Waals surface area contributed by atoms with Crippen LogP contribution in [-0.4, -0.2) is 16.2 Å². The minimum atomic E-state index is -1.16. The molecule has 5 nitrogen and oxygen atoms in total. The molecule has 2 rings (SSSR count). The van der Waals surface area contributed by atoms with Gasteiger partial charge in [0.15, 0.2) is 5.76 Å². The number of anilines is 1. The molecule has 0 radical (unpaired) electrons. The summed E-state index contributed by atoms with van der Waals surface area (Å²) >= 11 is 0. The number of nitrogens with one attached hydrogen (secondary N) is 1. The number of hydrogen-bond acceptors (Lipinski definition) is 4. The predicted octanol–water partition coefficient (Wildman–Crippen LogP) is 2.43. The van der Waals surface area contributed by atoms with Gasteiger partial charge in [-0.25, -0.2) is 9.18 Å². The summed E-state index contributed by atoms with van der Waals surface area (Å²) in [6.45, 7) is 1.98. The highest BCUT2D eigenvalue weighted by atomic mass is 19.1. The van der Waals surface area contributed by atoms with E-state index in [1.165, 1.54) is 12.1 Å². The average Bonchev–Trinajstić information content (AvgIpc) is 2.70. The molecule has 0 fully saturated rings. The SMILES string of the molecule is Cc1onc(C(=O)O)c1NCc1ccc(F)cc1. The zero-order valence-electron chi connectivity index (χ0n) is 9.61. The number of carbonyl (C=O) groups is 1. The molecule has 1 aromatic heterocycles. The monoisotopic (exact) mass is 250 g/mol. The van der Waals surface area contributed by atoms with Crippen molar-refractivity contribution in [1.29, 1.82) is 0 Å². The molecule has 0 unspecified atom stereocenters. The number of aryl methyl sites for hydroxylation is 1. The summed E-state index contributed by atoms with van der Waals surface area (Å²) in [6, 6.07) is 5.92. The quantitative estimate of drug-likeness (QED) is 0.871. The van der Waals surface area contributed by atoms with Gasteiger partial charge in [-0.3, -0.25) is 0 Å². The van der Waals surface area contributed by atoms with Crippen LogP contribution in [0.15, 0.2) is 28.8 Å². The first-order valence-electron chi connectivity index (χ1n) is 5.26. The number of rotatable bonds is 4. The molecule has 0 aliphatic carbocycles. The van der Waals surface area contributed by atoms with E-state index in [0.717, 1.165) is 5.56 Å². The van der Waals surface area contributed by atoms with E-state index in [1.807, 2.05) is 0 Å². The smallest absolute Gasteiger partial charge is 0.360 e. The fourth-order valence-corrected chi connectivity index (χ4v) is 1.52. The highest BCUT2D eigenvalue weighted by molar-refractivity contribution is 5.92. The third-order valence-electron chi connectivity index (χ3n) is 2.45. The zero-order chi connectivity index (χ0) is 13.1. The molecule has 0 amide bonds. The molecule has 0 spiro atoms. The molecule has 0 aliphatic rings. The molecular weight excluding hydrogens is 239 g/mol. The second-order valence-electron chi connectivity index (χ2n) is 3.75. The third-order valence-corrected chi connectivity index (χ3v) is 2.45. The number of aromatic carboxylic acids is 1. The van der Waals surface area contributed by atoms with E-state index in [0.29, 0.717) is 18.0 Å². The van der Waals surface area contributed by atoms with Crippen LogP contribution in [0.5, 0.6) is 0 Å². The van der Waals surface area contributed by atoms with E-state index < -0.39 is 5.97 Å². The average molecular weight is 250 g/mol. The summed E-state index contributed by atoms with van der Waals surface area (Å²) in [6.07, 6.45) is 0. The van der Waals surface area contributed by atoms with Crippen molar-refractivity contribution in [2.24, 2.45) is 0 Å². The number of aromatic nitrogens is 1. The van der Waals surface area contributed by atoms with E-state index in [4.69, 9.17) is 9.63 Å². The van der Waals surface area contributed by atoms with Crippen molar-refractivity contribution >= 4 is 11.7 Å². The second-order valence-corrected chi connectivity index (χ2v) is 3.75. The Morgan fingerprint density at radius 2 is 2.11 bits per heavy atom. The number of nitrogens with zero attached hydrogens (tertiary/aromatic N) is 1. The Balaban J connectivity index is 2.12. The van der Waals surface area contributed by atoms with Crippen molar-refractivity contribution in [3.8, 4) is 0 Å². The van der Waals surface area contributed by atoms with Crippen LogP contribution in [0, 0.1) is 12.7 Å². The van der Waals surface area contributed by atoms with E-state index in [2.05, 4.69) is 10.5 Å². The van der Waals surface area contributed by atoms with Gasteiger partial charge in [0.1, 0.15) is 11.5 Å². The lowest BCUT2D eigenvalue weighted by molar-refractivity contribution is 0.0686. The lowest BCUT2D eigenvalue weighted by Gasteiger charge is -2.05. The van der Waals surface area contributed by atoms with Gasteiger partial charge in [0, 0.05) is 6.54 Å². The Morgan fingerprint density at radius 1 is 1.44 bits per heavy atom. The van der Waals surface area contributed by atoms with Crippen molar-refractivity contribution in [3.63, 3.8) is 0 Å². The standard InChI is InChI=1S/C12H11FN2O3/c1-7-10(11(12(16)17)15-18-7)14-6-8-2-4-9(13)5-3-8/h2-5,14H,6H2,1H3,(H,16,17). The van der Waals surface area contributed by atoms with Crippen molar-refractivity contribution in [1.82, 2.24) is 5.16 Å². The van der Waals surface area contributed by atoms with Gasteiger partial charge < -0.3 is 14.9 Å². The number of carboxylic acids is 1. The van der Waals surface area contributed by atoms with E-state index in [1.54, 1.807) is 19.1 Å². The van der Waals surface area contributed by atoms with Crippen LogP contribution in [0.25, 0.3) is 0 Å². The van der Waals surface area contributed by atoms with Crippen LogP contribution >= 0.6 is 0 Å². The van der Waals surface area contributed by atoms with Gasteiger partial charge in [-0.05, 0) is 24.6 Å². The second kappa shape index (κ2) is 4.87. The molecule has 2 aromatic rings. The Hall–Kier alpha value is -2.37. The molecular formula is C12H11FN2O3. The molecule has 94 valence electrons. The fraction of sp³-hybridized carbons (Fsp3) is 0.167. The first-order valence-corrected chi connectivity index (χ1v) is 5.26. The Bertz CT molecular complexity index is 563. The maximum absolute atomic E-state index is 12.7. The molecule has 6 heteroatoms. The van der Waals surface area contributed by atoms with E-state index in [-0.39, 0.29) is 11.5 Å². The van der Waals surface area contributed by atoms with Gasteiger partial charge in [0.25, 0.3) is 0 Å². The van der Waals surface area contributed by atoms with Gasteiger partial charge in [0.05, 0.1) is 0 Å². The minimum absolute atomic E-state index is 0.158. The van der Waals surface area contributed by atoms with Crippen molar-refractivity contribution in [2.75, 3.05) is 5.32 Å². The van der Waals surface area contributed by atoms with E-state index in [9.17, 15) is 9.18 Å². The van der Waals surface area contributed by atoms with Crippen LogP contribution in [0.3, 0.4) is 0 Å². The zero-order valence-corrected chi connectivity index (χ0v) is 9.61. The maximum Gasteiger partial charge on any atom is 0.360 e. The minimum Gasteiger partial charge on any atom is -0.476 e. The molecule has 0 saturated heterocycles. The predicted molar refractivity (Wildman–Crippen MR) is 61.9 cm³/mol. The van der Waals surface area contributed by atoms with Gasteiger partial charge in [-0.2, -0.15) is 0 Å². The highest BCUT2D eigenvalue weighted by Crippen LogP contribution is 2.20. The van der Waals surface area contributed by atoms with Gasteiger partial charge in [-0.1, -0.05) is 17.3 Å². The first kappa shape index (κ1) is 12.1. The molecule has 0 aliphatic heterocycles. The Kier molecular flexibility index (Phi) is 3.27. The summed E-state index contributed by atoms with van der Waals surface area (Å²) in [5, 5.41) is 15.3. The molecule has 1 heterocycles. The van der Waals surface area contributed by atoms with Crippen LogP contribution < -0.4 is 5.32 Å². The van der Waals surface area contributed by atoms with Crippen LogP contribution in [0.1, 0.15) is 21.8 Å². The van der Waals surface area contributed by atoms with E-state index >= 15 is 0 Å². The molecule has 0 atom stereocenters. The van der Waals surface area contributed by atoms with Crippen molar-refractivity contribution in [2.45, 2.75) is 13.5 Å². The molecule has 0 saturated carbocycles. The molecule has 2 N–H and O–H groups in total. The largest absolute Gasteiger partial charge is 0.476 e. The van der Waals surface area contributed by atoms with Crippen LogP contribution in [0.2, 0.25) is 0 Å². The van der Waals surface area contributed by atoms with Gasteiger partial charge in [0.2, 0.25) is 5.69 Å². The summed E-state index contributed by atoms with van der Waals surface area (Å²) in [5.74, 6) is -1.07. The number of benzene rings is 1. The van der Waals surface area contributed by atoms with Gasteiger partial charge >= 0.3 is 5.97 Å². The Labute approximate surface area is 102 Å². The number of hydrogen-bond donors (Lipinski definition) is 2. The summed E-state index contributed by atoms with van der Waals surface area (Å²) < 4.78 is 17.5. The van der Waals surface area contributed by atoms with Crippen LogP contribution in [0.4, 0.5) is 10.1 Å². The fourth-order valence-electron chi connectivity index (χ4n) is 1.52. The highest BCUT2D eigenvalue weighted by Gasteiger charge is 2.18. The molecule has 1 aromatic carbocycles. The van der Waals surface area contributed by atoms with Crippen molar-refractivity contribution in [3.05, 3.63) is 47.1 Å². The lowest BCUT2D eigenvalue weighted by Crippen LogP contribution is -2.06.